The van der Waals surface area contributed by atoms with E-state index >= 15 is 0 Å². The molecule has 2 heterocycles. The van der Waals surface area contributed by atoms with Gasteiger partial charge in [0.2, 0.25) is 11.8 Å². The molecule has 0 bridgehead atoms. The normalized spacial score (nSPS) is 24.2. The Morgan fingerprint density at radius 3 is 2.54 bits per heavy atom. The van der Waals surface area contributed by atoms with Gasteiger partial charge in [-0.05, 0) is 73.8 Å². The minimum atomic E-state index is -0.216. The van der Waals surface area contributed by atoms with Crippen LogP contribution in [0.15, 0.2) is 48.5 Å². The molecule has 0 saturated carbocycles. The second-order valence-corrected chi connectivity index (χ2v) is 10.3. The fourth-order valence-corrected chi connectivity index (χ4v) is 5.74. The summed E-state index contributed by atoms with van der Waals surface area (Å²) in [5, 5.41) is 6.26. The number of likely N-dealkylation sites (tertiary alicyclic amines) is 1. The van der Waals surface area contributed by atoms with Gasteiger partial charge in [-0.1, -0.05) is 36.4 Å². The lowest BCUT2D eigenvalue weighted by molar-refractivity contribution is -0.130. The van der Waals surface area contributed by atoms with Gasteiger partial charge in [0.1, 0.15) is 0 Å². The number of piperidine rings is 1. The molecule has 0 radical (unpaired) electrons. The molecular weight excluding hydrogens is 438 g/mol. The number of carbonyl (C=O) groups is 2. The summed E-state index contributed by atoms with van der Waals surface area (Å²) in [5.41, 5.74) is 4.89. The summed E-state index contributed by atoms with van der Waals surface area (Å²) in [5.74, 6) is -0.354. The lowest BCUT2D eigenvalue weighted by Gasteiger charge is -2.36. The number of amides is 2. The van der Waals surface area contributed by atoms with Crippen LogP contribution in [0.3, 0.4) is 0 Å². The Kier molecular flexibility index (Phi) is 7.79. The predicted molar refractivity (Wildman–Crippen MR) is 137 cm³/mol. The highest BCUT2D eigenvalue weighted by molar-refractivity contribution is 5.93. The molecule has 2 saturated heterocycles. The third-order valence-corrected chi connectivity index (χ3v) is 7.72. The van der Waals surface area contributed by atoms with Gasteiger partial charge in [-0.2, -0.15) is 0 Å². The van der Waals surface area contributed by atoms with Crippen molar-refractivity contribution in [2.45, 2.75) is 51.0 Å². The van der Waals surface area contributed by atoms with Crippen molar-refractivity contribution in [1.29, 1.82) is 0 Å². The molecule has 186 valence electrons. The summed E-state index contributed by atoms with van der Waals surface area (Å²) < 4.78 is 5.67. The van der Waals surface area contributed by atoms with E-state index in [-0.39, 0.29) is 29.8 Å². The lowest BCUT2D eigenvalue weighted by atomic mass is 9.87. The summed E-state index contributed by atoms with van der Waals surface area (Å²) in [4.78, 5) is 28.7. The first kappa shape index (κ1) is 24.0. The summed E-state index contributed by atoms with van der Waals surface area (Å²) >= 11 is 0. The Morgan fingerprint density at radius 2 is 1.74 bits per heavy atom. The molecular formula is C29H37N3O3. The average molecular weight is 476 g/mol. The number of nitrogens with one attached hydrogen (secondary N) is 2. The molecule has 35 heavy (non-hydrogen) atoms. The van der Waals surface area contributed by atoms with Crippen molar-refractivity contribution in [1.82, 2.24) is 10.2 Å². The maximum atomic E-state index is 13.3. The number of fused-ring (bicyclic) bond motifs is 1. The van der Waals surface area contributed by atoms with E-state index in [9.17, 15) is 9.59 Å². The Labute approximate surface area is 208 Å². The van der Waals surface area contributed by atoms with Crippen LogP contribution >= 0.6 is 0 Å². The zero-order chi connectivity index (χ0) is 24.0. The van der Waals surface area contributed by atoms with Gasteiger partial charge in [0, 0.05) is 38.5 Å². The molecule has 2 aliphatic heterocycles. The maximum absolute atomic E-state index is 13.3. The van der Waals surface area contributed by atoms with Crippen LogP contribution in [-0.4, -0.2) is 55.6 Å². The predicted octanol–water partition coefficient (Wildman–Crippen LogP) is 3.59. The van der Waals surface area contributed by atoms with Crippen molar-refractivity contribution in [2.24, 2.45) is 11.8 Å². The summed E-state index contributed by atoms with van der Waals surface area (Å²) in [6.07, 6.45) is 7.07. The van der Waals surface area contributed by atoms with Gasteiger partial charge in [-0.3, -0.25) is 9.59 Å². The molecule has 0 unspecified atom stereocenters. The molecule has 1 aliphatic carbocycles. The van der Waals surface area contributed by atoms with Crippen molar-refractivity contribution in [2.75, 3.05) is 38.1 Å². The van der Waals surface area contributed by atoms with Crippen LogP contribution in [0.2, 0.25) is 0 Å². The molecule has 3 atom stereocenters. The first-order valence-electron chi connectivity index (χ1n) is 13.2. The fraction of sp³-hybridized carbons (Fsp3) is 0.517. The van der Waals surface area contributed by atoms with E-state index in [1.807, 2.05) is 12.1 Å². The van der Waals surface area contributed by atoms with E-state index in [1.54, 1.807) is 0 Å². The van der Waals surface area contributed by atoms with Gasteiger partial charge in [0.05, 0.1) is 17.9 Å². The van der Waals surface area contributed by atoms with Gasteiger partial charge in [-0.15, -0.1) is 0 Å². The minimum Gasteiger partial charge on any atom is -0.376 e. The van der Waals surface area contributed by atoms with E-state index in [4.69, 9.17) is 4.74 Å². The van der Waals surface area contributed by atoms with Gasteiger partial charge in [0.15, 0.2) is 0 Å². The first-order valence-corrected chi connectivity index (χ1v) is 13.2. The van der Waals surface area contributed by atoms with Crippen molar-refractivity contribution >= 4 is 17.5 Å². The highest BCUT2D eigenvalue weighted by Gasteiger charge is 2.35. The molecule has 6 heteroatoms. The summed E-state index contributed by atoms with van der Waals surface area (Å²) in [7, 11) is 0. The zero-order valence-corrected chi connectivity index (χ0v) is 20.5. The number of rotatable bonds is 8. The average Bonchev–Trinajstić information content (AvgIpc) is 3.58. The highest BCUT2D eigenvalue weighted by atomic mass is 16.5. The number of anilines is 1. The van der Waals surface area contributed by atoms with E-state index in [0.29, 0.717) is 26.1 Å². The van der Waals surface area contributed by atoms with Crippen LogP contribution in [0, 0.1) is 11.8 Å². The quantitative estimate of drug-likeness (QED) is 0.612. The smallest absolute Gasteiger partial charge is 0.228 e. The molecule has 0 spiro atoms. The van der Waals surface area contributed by atoms with Gasteiger partial charge >= 0.3 is 0 Å². The number of nitrogens with zero attached hydrogens (tertiary/aromatic N) is 1. The van der Waals surface area contributed by atoms with Crippen molar-refractivity contribution in [3.05, 3.63) is 65.2 Å². The van der Waals surface area contributed by atoms with E-state index < -0.39 is 0 Å². The van der Waals surface area contributed by atoms with Crippen LogP contribution in [0.25, 0.3) is 0 Å². The maximum Gasteiger partial charge on any atom is 0.228 e. The first-order chi connectivity index (χ1) is 17.1. The SMILES string of the molecule is O=C(NC[C@H]1CCCO1)[C@H]1C[C@@H](C(=O)Nc2ccc3c(c2)CCC3)CN(CCc2ccccc2)C1. The third kappa shape index (κ3) is 6.30. The number of hydrogen-bond acceptors (Lipinski definition) is 4. The molecule has 0 aromatic heterocycles. The van der Waals surface area contributed by atoms with Crippen molar-refractivity contribution in [3.63, 3.8) is 0 Å². The minimum absolute atomic E-state index is 0.0179. The summed E-state index contributed by atoms with van der Waals surface area (Å²) in [6.45, 7) is 3.54. The lowest BCUT2D eigenvalue weighted by Crippen LogP contribution is -2.50. The second-order valence-electron chi connectivity index (χ2n) is 10.3. The number of ether oxygens (including phenoxy) is 1. The molecule has 2 aromatic rings. The number of hydrogen-bond donors (Lipinski definition) is 2. The monoisotopic (exact) mass is 475 g/mol. The van der Waals surface area contributed by atoms with Crippen LogP contribution in [0.4, 0.5) is 5.69 Å². The Hall–Kier alpha value is -2.70. The fourth-order valence-electron chi connectivity index (χ4n) is 5.74. The van der Waals surface area contributed by atoms with Crippen LogP contribution in [-0.2, 0) is 33.6 Å². The topological polar surface area (TPSA) is 70.7 Å². The highest BCUT2D eigenvalue weighted by Crippen LogP contribution is 2.27. The van der Waals surface area contributed by atoms with E-state index in [0.717, 1.165) is 50.9 Å². The number of carbonyl (C=O) groups excluding carboxylic acids is 2. The summed E-state index contributed by atoms with van der Waals surface area (Å²) in [6, 6.07) is 16.7. The van der Waals surface area contributed by atoms with Crippen molar-refractivity contribution < 1.29 is 14.3 Å². The zero-order valence-electron chi connectivity index (χ0n) is 20.5. The number of benzene rings is 2. The van der Waals surface area contributed by atoms with E-state index in [1.165, 1.54) is 23.1 Å². The molecule has 3 aliphatic rings. The number of aryl methyl sites for hydroxylation is 2. The molecule has 2 N–H and O–H groups in total. The van der Waals surface area contributed by atoms with Gasteiger partial charge in [0.25, 0.3) is 0 Å². The van der Waals surface area contributed by atoms with Gasteiger partial charge < -0.3 is 20.3 Å². The van der Waals surface area contributed by atoms with Gasteiger partial charge in [-0.25, -0.2) is 0 Å². The van der Waals surface area contributed by atoms with Crippen LogP contribution in [0.1, 0.15) is 42.4 Å². The Balaban J connectivity index is 1.23. The Bertz CT molecular complexity index is 1020. The largest absolute Gasteiger partial charge is 0.376 e. The molecule has 6 nitrogen and oxygen atoms in total. The molecule has 5 rings (SSSR count). The molecule has 2 fully saturated rings. The van der Waals surface area contributed by atoms with Crippen molar-refractivity contribution in [3.8, 4) is 0 Å². The van der Waals surface area contributed by atoms with E-state index in [2.05, 4.69) is 51.9 Å². The molecule has 2 amide bonds. The molecule has 2 aromatic carbocycles. The second kappa shape index (κ2) is 11.4. The third-order valence-electron chi connectivity index (χ3n) is 7.72. The standard InChI is InChI=1S/C29H37N3O3/c33-28(30-18-27-10-5-15-35-27)24-16-25(20-32(19-24)14-13-21-6-2-1-3-7-21)29(34)31-26-12-11-22-8-4-9-23(22)17-26/h1-3,6-7,11-12,17,24-25,27H,4-5,8-10,13-16,18-20H2,(H,30,33)(H,31,34)/t24-,25+,27+/m0/s1. The van der Waals surface area contributed by atoms with Crippen LogP contribution in [0.5, 0.6) is 0 Å². The van der Waals surface area contributed by atoms with Crippen LogP contribution < -0.4 is 10.6 Å². The Morgan fingerprint density at radius 1 is 0.943 bits per heavy atom.